The molecule has 1 saturated heterocycles. The number of nitrogens with zero attached hydrogens (tertiary/aromatic N) is 4. The van der Waals surface area contributed by atoms with Crippen LogP contribution in [0.5, 0.6) is 0 Å². The van der Waals surface area contributed by atoms with Crippen LogP contribution < -0.4 is 11.2 Å². The molecule has 1 aliphatic heterocycles. The Kier molecular flexibility index (Phi) is 4.38. The molecule has 8 nitrogen and oxygen atoms in total. The highest BCUT2D eigenvalue weighted by Crippen LogP contribution is 2.26. The van der Waals surface area contributed by atoms with E-state index in [-0.39, 0.29) is 11.7 Å². The Balaban J connectivity index is 1.75. The van der Waals surface area contributed by atoms with Crippen molar-refractivity contribution in [1.82, 2.24) is 25.1 Å². The molecule has 0 unspecified atom stereocenters. The molecule has 10 heteroatoms. The topological polar surface area (TPSA) is 106 Å². The van der Waals surface area contributed by atoms with Crippen LogP contribution in [0.25, 0.3) is 11.4 Å². The molecule has 1 aromatic heterocycles. The molecule has 3 N–H and O–H groups in total. The van der Waals surface area contributed by atoms with Gasteiger partial charge in [-0.2, -0.15) is 0 Å². The Morgan fingerprint density at radius 1 is 1.38 bits per heavy atom. The molecule has 1 aromatic carbocycles. The number of nitrogens with one attached hydrogen (secondary N) is 1. The van der Waals surface area contributed by atoms with Crippen LogP contribution in [-0.2, 0) is 4.79 Å². The molecule has 3 rings (SSSR count). The minimum absolute atomic E-state index is 0.318. The number of nitrogens with two attached hydrogens (primary N) is 1. The summed E-state index contributed by atoms with van der Waals surface area (Å²) in [6.45, 7) is 2.47. The van der Waals surface area contributed by atoms with Crippen LogP contribution >= 0.6 is 11.8 Å². The lowest BCUT2D eigenvalue weighted by molar-refractivity contribution is -0.126. The molecule has 0 bridgehead atoms. The zero-order valence-electron chi connectivity index (χ0n) is 12.8. The first-order chi connectivity index (χ1) is 11.5. The summed E-state index contributed by atoms with van der Waals surface area (Å²) >= 11 is 1.10. The normalized spacial score (nSPS) is 15.4. The van der Waals surface area contributed by atoms with Gasteiger partial charge >= 0.3 is 6.03 Å². The summed E-state index contributed by atoms with van der Waals surface area (Å²) in [6.07, 6.45) is 0. The Labute approximate surface area is 141 Å². The van der Waals surface area contributed by atoms with Gasteiger partial charge in [-0.05, 0) is 31.2 Å². The number of carbonyl (C=O) groups is 2. The zero-order chi connectivity index (χ0) is 17.3. The first-order valence-electron chi connectivity index (χ1n) is 7.19. The third kappa shape index (κ3) is 3.04. The van der Waals surface area contributed by atoms with Crippen molar-refractivity contribution in [3.63, 3.8) is 0 Å². The van der Waals surface area contributed by atoms with Gasteiger partial charge in [-0.3, -0.25) is 9.69 Å². The van der Waals surface area contributed by atoms with E-state index in [2.05, 4.69) is 15.5 Å². The Morgan fingerprint density at radius 3 is 2.71 bits per heavy atom. The molecule has 126 valence electrons. The van der Waals surface area contributed by atoms with Crippen LogP contribution in [0.15, 0.2) is 29.4 Å². The minimum atomic E-state index is -0.554. The summed E-state index contributed by atoms with van der Waals surface area (Å²) in [5, 5.41) is 10.3. The molecule has 2 heterocycles. The van der Waals surface area contributed by atoms with Gasteiger partial charge in [-0.25, -0.2) is 13.9 Å². The van der Waals surface area contributed by atoms with Crippen molar-refractivity contribution >= 4 is 23.7 Å². The maximum atomic E-state index is 13.0. The second-order valence-corrected chi connectivity index (χ2v) is 6.47. The van der Waals surface area contributed by atoms with Crippen molar-refractivity contribution in [1.29, 1.82) is 0 Å². The average molecular weight is 350 g/mol. The number of carbonyl (C=O) groups excluding carboxylic acids is 2. The van der Waals surface area contributed by atoms with E-state index in [0.29, 0.717) is 29.6 Å². The molecule has 0 spiro atoms. The van der Waals surface area contributed by atoms with Gasteiger partial charge in [0.1, 0.15) is 5.82 Å². The van der Waals surface area contributed by atoms with Gasteiger partial charge in [0.2, 0.25) is 11.1 Å². The predicted octanol–water partition coefficient (Wildman–Crippen LogP) is 0.830. The first-order valence-corrected chi connectivity index (χ1v) is 8.07. The number of hydrogen-bond donors (Lipinski definition) is 2. The van der Waals surface area contributed by atoms with Crippen LogP contribution in [-0.4, -0.2) is 50.1 Å². The number of thioether (sulfide) groups is 1. The standard InChI is InChI=1S/C14H15FN6O2S/c1-8(12(22)20-7-6-17-13(20)23)24-14-19-18-11(21(14)16)9-2-4-10(15)5-3-9/h2-5,8H,6-7,16H2,1H3,(H,17,23)/t8-/m0/s1. The predicted molar refractivity (Wildman–Crippen MR) is 86.0 cm³/mol. The highest BCUT2D eigenvalue weighted by atomic mass is 32.2. The first kappa shape index (κ1) is 16.2. The molecular weight excluding hydrogens is 335 g/mol. The SMILES string of the molecule is C[C@H](Sc1nnc(-c2ccc(F)cc2)n1N)C(=O)N1CCNC1=O. The second-order valence-electron chi connectivity index (χ2n) is 5.16. The van der Waals surface area contributed by atoms with Crippen molar-refractivity contribution in [2.75, 3.05) is 18.9 Å². The van der Waals surface area contributed by atoms with Crippen molar-refractivity contribution < 1.29 is 14.0 Å². The van der Waals surface area contributed by atoms with E-state index in [1.807, 2.05) is 0 Å². The van der Waals surface area contributed by atoms with Crippen molar-refractivity contribution in [3.8, 4) is 11.4 Å². The van der Waals surface area contributed by atoms with Gasteiger partial charge in [-0.1, -0.05) is 11.8 Å². The Morgan fingerprint density at radius 2 is 2.08 bits per heavy atom. The fourth-order valence-corrected chi connectivity index (χ4v) is 3.10. The molecule has 0 aliphatic carbocycles. The molecule has 2 aromatic rings. The van der Waals surface area contributed by atoms with Crippen LogP contribution in [0.1, 0.15) is 6.92 Å². The van der Waals surface area contributed by atoms with E-state index in [9.17, 15) is 14.0 Å². The van der Waals surface area contributed by atoms with Crippen molar-refractivity contribution in [3.05, 3.63) is 30.1 Å². The number of benzene rings is 1. The van der Waals surface area contributed by atoms with E-state index in [1.165, 1.54) is 16.8 Å². The van der Waals surface area contributed by atoms with E-state index in [4.69, 9.17) is 5.84 Å². The number of aromatic nitrogens is 3. The molecule has 24 heavy (non-hydrogen) atoms. The molecule has 1 atom stereocenters. The molecule has 3 amide bonds. The third-order valence-corrected chi connectivity index (χ3v) is 4.56. The third-order valence-electron chi connectivity index (χ3n) is 3.52. The van der Waals surface area contributed by atoms with Gasteiger partial charge in [0.25, 0.3) is 0 Å². The quantitative estimate of drug-likeness (QED) is 0.625. The van der Waals surface area contributed by atoms with E-state index < -0.39 is 11.3 Å². The number of hydrogen-bond acceptors (Lipinski definition) is 6. The summed E-state index contributed by atoms with van der Waals surface area (Å²) < 4.78 is 14.2. The summed E-state index contributed by atoms with van der Waals surface area (Å²) in [4.78, 5) is 25.0. The van der Waals surface area contributed by atoms with Crippen LogP contribution in [0.3, 0.4) is 0 Å². The van der Waals surface area contributed by atoms with E-state index >= 15 is 0 Å². The summed E-state index contributed by atoms with van der Waals surface area (Å²) in [6, 6.07) is 5.29. The summed E-state index contributed by atoms with van der Waals surface area (Å²) in [5.41, 5.74) is 0.608. The van der Waals surface area contributed by atoms with Gasteiger partial charge in [0, 0.05) is 18.7 Å². The lowest BCUT2D eigenvalue weighted by Gasteiger charge is -2.16. The van der Waals surface area contributed by atoms with Gasteiger partial charge in [0.15, 0.2) is 5.82 Å². The largest absolute Gasteiger partial charge is 0.336 e. The highest BCUT2D eigenvalue weighted by molar-refractivity contribution is 8.00. The average Bonchev–Trinajstić information content (AvgIpc) is 3.14. The number of urea groups is 1. The number of halogens is 1. The molecule has 0 saturated carbocycles. The lowest BCUT2D eigenvalue weighted by Crippen LogP contribution is -2.39. The lowest BCUT2D eigenvalue weighted by atomic mass is 10.2. The summed E-state index contributed by atoms with van der Waals surface area (Å²) in [7, 11) is 0. The monoisotopic (exact) mass is 350 g/mol. The molecule has 0 radical (unpaired) electrons. The van der Waals surface area contributed by atoms with E-state index in [1.54, 1.807) is 19.1 Å². The van der Waals surface area contributed by atoms with Crippen LogP contribution in [0.4, 0.5) is 9.18 Å². The van der Waals surface area contributed by atoms with Crippen LogP contribution in [0.2, 0.25) is 0 Å². The maximum absolute atomic E-state index is 13.0. The second kappa shape index (κ2) is 6.48. The molecule has 1 aliphatic rings. The summed E-state index contributed by atoms with van der Waals surface area (Å²) in [5.74, 6) is 5.65. The van der Waals surface area contributed by atoms with Crippen LogP contribution in [0, 0.1) is 5.82 Å². The van der Waals surface area contributed by atoms with Crippen molar-refractivity contribution in [2.45, 2.75) is 17.3 Å². The Hall–Kier alpha value is -2.62. The van der Waals surface area contributed by atoms with Crippen molar-refractivity contribution in [2.24, 2.45) is 0 Å². The molecule has 1 fully saturated rings. The van der Waals surface area contributed by atoms with E-state index in [0.717, 1.165) is 16.7 Å². The highest BCUT2D eigenvalue weighted by Gasteiger charge is 2.31. The van der Waals surface area contributed by atoms with Gasteiger partial charge in [0.05, 0.1) is 5.25 Å². The number of amides is 3. The number of nitrogen functional groups attached to an aromatic ring is 1. The smallest absolute Gasteiger partial charge is 0.324 e. The number of rotatable bonds is 4. The zero-order valence-corrected chi connectivity index (χ0v) is 13.6. The van der Waals surface area contributed by atoms with Gasteiger partial charge < -0.3 is 11.2 Å². The molecular formula is C14H15FN6O2S. The minimum Gasteiger partial charge on any atom is -0.336 e. The number of imide groups is 1. The Bertz CT molecular complexity index is 778. The fraction of sp³-hybridized carbons (Fsp3) is 0.286. The maximum Gasteiger partial charge on any atom is 0.324 e. The van der Waals surface area contributed by atoms with Gasteiger partial charge in [-0.15, -0.1) is 10.2 Å². The fourth-order valence-electron chi connectivity index (χ4n) is 2.26.